The number of hydrogen-bond donors (Lipinski definition) is 2. The molecule has 14 heteroatoms. The number of benzene rings is 1. The topological polar surface area (TPSA) is 141 Å². The summed E-state index contributed by atoms with van der Waals surface area (Å²) in [6, 6.07) is 7.00. The number of carbonyl (C=O) groups is 2. The Morgan fingerprint density at radius 1 is 1.17 bits per heavy atom. The fraction of sp³-hybridized carbons (Fsp3) is 0.364. The highest BCUT2D eigenvalue weighted by Crippen LogP contribution is 2.40. The van der Waals surface area contributed by atoms with E-state index in [1.54, 1.807) is 39.0 Å². The minimum Gasteiger partial charge on any atom is -0.396 e. The summed E-state index contributed by atoms with van der Waals surface area (Å²) in [5.74, 6) is -4.44. The number of nitrogens with zero attached hydrogens (tertiary/aromatic N) is 3. The van der Waals surface area contributed by atoms with Crippen LogP contribution in [0.25, 0.3) is 10.9 Å². The van der Waals surface area contributed by atoms with E-state index in [9.17, 15) is 22.9 Å². The monoisotopic (exact) mass is 589 g/mol. The number of pyridine rings is 1. The van der Waals surface area contributed by atoms with Crippen molar-refractivity contribution in [3.05, 3.63) is 58.0 Å². The molecule has 0 radical (unpaired) electrons. The molecule has 0 unspecified atom stereocenters. The van der Waals surface area contributed by atoms with Crippen molar-refractivity contribution < 1.29 is 42.1 Å². The Hall–Kier alpha value is -2.57. The Morgan fingerprint density at radius 2 is 1.86 bits per heavy atom. The van der Waals surface area contributed by atoms with Crippen LogP contribution < -0.4 is 4.84 Å². The predicted octanol–water partition coefficient (Wildman–Crippen LogP) is 4.06. The van der Waals surface area contributed by atoms with Crippen LogP contribution in [0.5, 0.6) is 0 Å². The first-order chi connectivity index (χ1) is 16.6. The average molecular weight is 590 g/mol. The molecular formula is C22H23BrF2N3O7P. The van der Waals surface area contributed by atoms with Crippen molar-refractivity contribution in [3.63, 3.8) is 0 Å². The zero-order valence-corrected chi connectivity index (χ0v) is 21.9. The molecule has 0 aliphatic heterocycles. The highest BCUT2D eigenvalue weighted by Gasteiger charge is 2.37. The van der Waals surface area contributed by atoms with Gasteiger partial charge >= 0.3 is 13.7 Å². The lowest BCUT2D eigenvalue weighted by Crippen LogP contribution is -2.24. The van der Waals surface area contributed by atoms with Gasteiger partial charge in [-0.2, -0.15) is 8.78 Å². The smallest absolute Gasteiger partial charge is 0.396 e. The third-order valence-corrected chi connectivity index (χ3v) is 6.14. The van der Waals surface area contributed by atoms with Gasteiger partial charge in [0.1, 0.15) is 35.9 Å². The highest BCUT2D eigenvalue weighted by molar-refractivity contribution is 9.10. The van der Waals surface area contributed by atoms with Crippen LogP contribution in [-0.2, 0) is 19.8 Å². The molecule has 2 heterocycles. The van der Waals surface area contributed by atoms with E-state index in [0.29, 0.717) is 15.4 Å². The summed E-state index contributed by atoms with van der Waals surface area (Å²) in [4.78, 5) is 53.0. The molecule has 0 saturated carbocycles. The van der Waals surface area contributed by atoms with Crippen LogP contribution in [0.4, 0.5) is 8.78 Å². The summed E-state index contributed by atoms with van der Waals surface area (Å²) in [6.45, 7) is 3.82. The maximum atomic E-state index is 14.2. The van der Waals surface area contributed by atoms with E-state index >= 15 is 0 Å². The number of para-hydroxylation sites is 1. The quantitative estimate of drug-likeness (QED) is 0.264. The third kappa shape index (κ3) is 6.60. The molecule has 3 rings (SSSR count). The largest absolute Gasteiger partial charge is 0.469 e. The van der Waals surface area contributed by atoms with Crippen LogP contribution in [0.3, 0.4) is 0 Å². The van der Waals surface area contributed by atoms with Gasteiger partial charge in [-0.05, 0) is 34.1 Å². The highest BCUT2D eigenvalue weighted by atomic mass is 79.9. The fourth-order valence-electron chi connectivity index (χ4n) is 3.08. The molecule has 0 aliphatic carbocycles. The van der Waals surface area contributed by atoms with Crippen LogP contribution in [0.1, 0.15) is 48.9 Å². The molecule has 2 aromatic heterocycles. The number of alkyl halides is 2. The molecule has 36 heavy (non-hydrogen) atoms. The number of hydrogen-bond acceptors (Lipinski definition) is 7. The number of aromatic nitrogens is 3. The van der Waals surface area contributed by atoms with Crippen molar-refractivity contribution >= 4 is 46.2 Å². The molecule has 194 valence electrons. The van der Waals surface area contributed by atoms with Gasteiger partial charge in [0.25, 0.3) is 0 Å². The number of carbonyl (C=O) groups excluding carboxylic acids is 2. The second kappa shape index (κ2) is 10.4. The molecule has 1 aromatic carbocycles. The lowest BCUT2D eigenvalue weighted by Gasteiger charge is -2.16. The van der Waals surface area contributed by atoms with E-state index in [4.69, 9.17) is 14.6 Å². The van der Waals surface area contributed by atoms with Crippen LogP contribution >= 0.6 is 23.8 Å². The van der Waals surface area contributed by atoms with E-state index in [1.807, 2.05) is 0 Å². The molecule has 0 spiro atoms. The van der Waals surface area contributed by atoms with Crippen molar-refractivity contribution in [2.75, 3.05) is 13.2 Å². The Morgan fingerprint density at radius 3 is 2.44 bits per heavy atom. The summed E-state index contributed by atoms with van der Waals surface area (Å²) in [5, 5.41) is 4.65. The van der Waals surface area contributed by atoms with Gasteiger partial charge in [0, 0.05) is 33.5 Å². The Kier molecular flexibility index (Phi) is 8.11. The Labute approximate surface area is 212 Å². The lowest BCUT2D eigenvalue weighted by molar-refractivity contribution is -0.127. The van der Waals surface area contributed by atoms with Crippen molar-refractivity contribution in [2.24, 2.45) is 5.41 Å². The second-order valence-electron chi connectivity index (χ2n) is 8.84. The lowest BCUT2D eigenvalue weighted by atomic mass is 9.89. The van der Waals surface area contributed by atoms with Crippen LogP contribution in [0.15, 0.2) is 41.0 Å². The zero-order valence-electron chi connectivity index (χ0n) is 19.4. The molecule has 0 bridgehead atoms. The maximum absolute atomic E-state index is 14.2. The minimum atomic E-state index is -5.10. The zero-order chi connectivity index (χ0) is 26.9. The van der Waals surface area contributed by atoms with Crippen molar-refractivity contribution in [1.29, 1.82) is 0 Å². The molecule has 0 saturated heterocycles. The van der Waals surface area contributed by atoms with E-state index in [-0.39, 0.29) is 30.1 Å². The molecule has 3 aromatic rings. The number of ketones is 2. The van der Waals surface area contributed by atoms with Crippen molar-refractivity contribution in [2.45, 2.75) is 33.1 Å². The minimum absolute atomic E-state index is 0.0107. The predicted molar refractivity (Wildman–Crippen MR) is 128 cm³/mol. The summed E-state index contributed by atoms with van der Waals surface area (Å²) in [6.07, 6.45) is 1.04. The van der Waals surface area contributed by atoms with Gasteiger partial charge in [-0.3, -0.25) is 19.1 Å². The summed E-state index contributed by atoms with van der Waals surface area (Å²) in [7, 11) is -5.10. The number of Topliss-reactive ketones (excluding diaryl/α,β-unsaturated/α-hetero) is 1. The SMILES string of the molecule is CC(C)(C)C(=O)CCOn1nc(C(=O)c2ccc(C(F)(F)COP(=O)(O)O)nc2)c2cccc(Br)c21. The molecule has 10 nitrogen and oxygen atoms in total. The normalized spacial score (nSPS) is 12.7. The first-order valence-electron chi connectivity index (χ1n) is 10.5. The Bertz CT molecular complexity index is 1330. The van der Waals surface area contributed by atoms with Gasteiger partial charge in [0.05, 0.1) is 0 Å². The maximum Gasteiger partial charge on any atom is 0.469 e. The molecule has 0 atom stereocenters. The first kappa shape index (κ1) is 28.0. The second-order valence-corrected chi connectivity index (χ2v) is 10.9. The fourth-order valence-corrected chi connectivity index (χ4v) is 3.93. The third-order valence-electron chi connectivity index (χ3n) is 5.03. The van der Waals surface area contributed by atoms with Gasteiger partial charge in [0.15, 0.2) is 0 Å². The van der Waals surface area contributed by atoms with E-state index in [2.05, 4.69) is 30.5 Å². The molecular weight excluding hydrogens is 567 g/mol. The first-order valence-corrected chi connectivity index (χ1v) is 12.9. The summed E-state index contributed by atoms with van der Waals surface area (Å²) in [5.41, 5.74) is -1.01. The van der Waals surface area contributed by atoms with Crippen LogP contribution in [0, 0.1) is 5.41 Å². The summed E-state index contributed by atoms with van der Waals surface area (Å²) >= 11 is 3.40. The standard InChI is InChI=1S/C22H23BrF2N3O7P/c1-21(2,3)17(29)9-10-34-28-19-14(5-4-6-15(19)23)18(27-28)20(30)13-7-8-16(26-11-13)22(24,25)12-35-36(31,32)33/h4-8,11H,9-10,12H2,1-3H3,(H2,31,32,33). The van der Waals surface area contributed by atoms with Gasteiger partial charge < -0.3 is 14.6 Å². The molecule has 0 aliphatic rings. The average Bonchev–Trinajstić information content (AvgIpc) is 3.16. The van der Waals surface area contributed by atoms with Gasteiger partial charge in [-0.1, -0.05) is 37.7 Å². The van der Waals surface area contributed by atoms with E-state index in [0.717, 1.165) is 23.2 Å². The Balaban J connectivity index is 1.86. The molecule has 0 amide bonds. The van der Waals surface area contributed by atoms with E-state index in [1.165, 1.54) is 0 Å². The summed E-state index contributed by atoms with van der Waals surface area (Å²) < 4.78 is 43.5. The van der Waals surface area contributed by atoms with Gasteiger partial charge in [-0.25, -0.2) is 4.57 Å². The number of phosphoric ester groups is 1. The van der Waals surface area contributed by atoms with Crippen LogP contribution in [0.2, 0.25) is 0 Å². The van der Waals surface area contributed by atoms with Gasteiger partial charge in [0.2, 0.25) is 5.78 Å². The van der Waals surface area contributed by atoms with Crippen LogP contribution in [-0.4, -0.2) is 49.5 Å². The van der Waals surface area contributed by atoms with Gasteiger partial charge in [-0.15, -0.1) is 5.10 Å². The number of fused-ring (bicyclic) bond motifs is 1. The number of halogens is 3. The van der Waals surface area contributed by atoms with Crippen molar-refractivity contribution in [1.82, 2.24) is 14.9 Å². The van der Waals surface area contributed by atoms with E-state index < -0.39 is 37.2 Å². The molecule has 2 N–H and O–H groups in total. The number of rotatable bonds is 10. The molecule has 0 fully saturated rings. The number of phosphoric acid groups is 1. The van der Waals surface area contributed by atoms with Crippen molar-refractivity contribution in [3.8, 4) is 0 Å².